The van der Waals surface area contributed by atoms with Crippen molar-refractivity contribution >= 4 is 28.6 Å². The molecule has 2 heterocycles. The number of aromatic nitrogens is 2. The van der Waals surface area contributed by atoms with Crippen LogP contribution in [0, 0.1) is 5.82 Å². The molecule has 36 heavy (non-hydrogen) atoms. The van der Waals surface area contributed by atoms with E-state index in [1.54, 1.807) is 72.7 Å². The van der Waals surface area contributed by atoms with Gasteiger partial charge < -0.3 is 14.4 Å². The Morgan fingerprint density at radius 2 is 1.83 bits per heavy atom. The van der Waals surface area contributed by atoms with Gasteiger partial charge >= 0.3 is 0 Å². The van der Waals surface area contributed by atoms with Crippen molar-refractivity contribution in [2.75, 3.05) is 33.4 Å². The predicted octanol–water partition coefficient (Wildman–Crippen LogP) is 4.30. The molecular formula is C27H24FN3O4S. The Balaban J connectivity index is 1.59. The van der Waals surface area contributed by atoms with E-state index in [4.69, 9.17) is 14.5 Å². The van der Waals surface area contributed by atoms with E-state index in [-0.39, 0.29) is 23.0 Å². The number of thioether (sulfide) groups is 1. The molecule has 3 aromatic carbocycles. The maximum absolute atomic E-state index is 14.3. The summed E-state index contributed by atoms with van der Waals surface area (Å²) in [7, 11) is 1.57. The van der Waals surface area contributed by atoms with E-state index in [1.165, 1.54) is 22.4 Å². The van der Waals surface area contributed by atoms with Crippen LogP contribution in [0.2, 0.25) is 0 Å². The fraction of sp³-hybridized carbons (Fsp3) is 0.222. The normalized spacial score (nSPS) is 13.7. The topological polar surface area (TPSA) is 73.7 Å². The van der Waals surface area contributed by atoms with E-state index in [2.05, 4.69) is 0 Å². The summed E-state index contributed by atoms with van der Waals surface area (Å²) in [6.45, 7) is 2.04. The van der Waals surface area contributed by atoms with Gasteiger partial charge in [-0.1, -0.05) is 30.0 Å². The van der Waals surface area contributed by atoms with Gasteiger partial charge in [0.15, 0.2) is 5.16 Å². The molecule has 5 rings (SSSR count). The summed E-state index contributed by atoms with van der Waals surface area (Å²) in [5.41, 5.74) is 1.73. The van der Waals surface area contributed by atoms with E-state index in [0.29, 0.717) is 64.9 Å². The zero-order chi connectivity index (χ0) is 25.1. The third-order valence-electron chi connectivity index (χ3n) is 6.03. The zero-order valence-corrected chi connectivity index (χ0v) is 20.5. The van der Waals surface area contributed by atoms with Crippen LogP contribution in [0.4, 0.5) is 4.39 Å². The summed E-state index contributed by atoms with van der Waals surface area (Å²) in [5, 5.41) is 0.788. The first-order chi connectivity index (χ1) is 17.5. The first-order valence-corrected chi connectivity index (χ1v) is 12.5. The van der Waals surface area contributed by atoms with Gasteiger partial charge in [0.2, 0.25) is 0 Å². The van der Waals surface area contributed by atoms with Crippen molar-refractivity contribution in [1.82, 2.24) is 14.5 Å². The second-order valence-corrected chi connectivity index (χ2v) is 9.19. The smallest absolute Gasteiger partial charge is 0.266 e. The molecule has 4 aromatic rings. The lowest BCUT2D eigenvalue weighted by Crippen LogP contribution is -2.40. The van der Waals surface area contributed by atoms with Gasteiger partial charge in [0.25, 0.3) is 11.5 Å². The van der Waals surface area contributed by atoms with E-state index in [1.807, 2.05) is 0 Å². The summed E-state index contributed by atoms with van der Waals surface area (Å²) < 4.78 is 26.4. The van der Waals surface area contributed by atoms with Gasteiger partial charge in [0.05, 0.1) is 36.9 Å². The lowest BCUT2D eigenvalue weighted by molar-refractivity contribution is 0.0303. The van der Waals surface area contributed by atoms with Crippen LogP contribution in [-0.2, 0) is 10.5 Å². The summed E-state index contributed by atoms with van der Waals surface area (Å²) in [4.78, 5) is 33.2. The molecule has 1 aliphatic rings. The lowest BCUT2D eigenvalue weighted by atomic mass is 10.1. The molecule has 9 heteroatoms. The molecule has 1 aliphatic heterocycles. The van der Waals surface area contributed by atoms with Crippen LogP contribution < -0.4 is 10.3 Å². The maximum atomic E-state index is 14.3. The number of amides is 1. The molecule has 1 fully saturated rings. The molecule has 0 N–H and O–H groups in total. The number of hydrogen-bond donors (Lipinski definition) is 0. The summed E-state index contributed by atoms with van der Waals surface area (Å²) >= 11 is 1.26. The van der Waals surface area contributed by atoms with Crippen LogP contribution in [0.1, 0.15) is 15.9 Å². The third-order valence-corrected chi connectivity index (χ3v) is 7.02. The number of fused-ring (bicyclic) bond motifs is 1. The molecule has 0 aliphatic carbocycles. The average molecular weight is 506 g/mol. The van der Waals surface area contributed by atoms with Gasteiger partial charge in [-0.05, 0) is 54.1 Å². The van der Waals surface area contributed by atoms with Crippen molar-refractivity contribution in [1.29, 1.82) is 0 Å². The monoisotopic (exact) mass is 505 g/mol. The number of halogens is 1. The van der Waals surface area contributed by atoms with Crippen molar-refractivity contribution in [2.45, 2.75) is 10.9 Å². The number of hydrogen-bond acceptors (Lipinski definition) is 6. The number of carbonyl (C=O) groups is 1. The number of methoxy groups -OCH3 is 1. The average Bonchev–Trinajstić information content (AvgIpc) is 2.92. The number of carbonyl (C=O) groups excluding carboxylic acids is 1. The zero-order valence-electron chi connectivity index (χ0n) is 19.6. The Hall–Kier alpha value is -3.69. The van der Waals surface area contributed by atoms with Crippen molar-refractivity contribution < 1.29 is 18.7 Å². The Labute approximate surface area is 211 Å². The maximum Gasteiger partial charge on any atom is 0.266 e. The highest BCUT2D eigenvalue weighted by atomic mass is 32.2. The Morgan fingerprint density at radius 1 is 1.08 bits per heavy atom. The van der Waals surface area contributed by atoms with Crippen molar-refractivity contribution in [3.05, 3.63) is 94.0 Å². The molecular weight excluding hydrogens is 481 g/mol. The Bertz CT molecular complexity index is 1470. The summed E-state index contributed by atoms with van der Waals surface area (Å²) in [6.07, 6.45) is 0. The molecule has 0 spiro atoms. The van der Waals surface area contributed by atoms with E-state index < -0.39 is 0 Å². The first-order valence-electron chi connectivity index (χ1n) is 11.5. The first kappa shape index (κ1) is 24.0. The highest BCUT2D eigenvalue weighted by Gasteiger charge is 2.21. The molecule has 0 radical (unpaired) electrons. The molecule has 0 unspecified atom stereocenters. The molecule has 0 saturated carbocycles. The van der Waals surface area contributed by atoms with Crippen LogP contribution in [0.3, 0.4) is 0 Å². The molecule has 7 nitrogen and oxygen atoms in total. The predicted molar refractivity (Wildman–Crippen MR) is 137 cm³/mol. The third kappa shape index (κ3) is 4.84. The van der Waals surface area contributed by atoms with E-state index in [9.17, 15) is 14.0 Å². The minimum absolute atomic E-state index is 0.123. The van der Waals surface area contributed by atoms with Gasteiger partial charge in [-0.25, -0.2) is 9.37 Å². The van der Waals surface area contributed by atoms with Gasteiger partial charge in [-0.2, -0.15) is 0 Å². The number of rotatable bonds is 6. The van der Waals surface area contributed by atoms with E-state index >= 15 is 0 Å². The largest absolute Gasteiger partial charge is 0.497 e. The standard InChI is InChI=1S/C27H24FN3O4S/c1-34-21-9-7-20(8-10-21)31-26(33)22-11-6-18(25(32)30-12-14-35-15-13-30)16-24(22)29-27(31)36-17-19-4-2-3-5-23(19)28/h2-11,16H,12-15,17H2,1H3. The summed E-state index contributed by atoms with van der Waals surface area (Å²) in [5.74, 6) is 0.504. The van der Waals surface area contributed by atoms with E-state index in [0.717, 1.165) is 0 Å². The molecule has 184 valence electrons. The Kier molecular flexibility index (Phi) is 7.02. The minimum atomic E-state index is -0.317. The van der Waals surface area contributed by atoms with Crippen molar-refractivity contribution in [3.8, 4) is 11.4 Å². The Morgan fingerprint density at radius 3 is 2.56 bits per heavy atom. The van der Waals surface area contributed by atoms with Crippen LogP contribution in [0.25, 0.3) is 16.6 Å². The van der Waals surface area contributed by atoms with Crippen LogP contribution in [0.15, 0.2) is 76.7 Å². The minimum Gasteiger partial charge on any atom is -0.497 e. The SMILES string of the molecule is COc1ccc(-n2c(SCc3ccccc3F)nc3cc(C(=O)N4CCOCC4)ccc3c2=O)cc1. The highest BCUT2D eigenvalue weighted by Crippen LogP contribution is 2.27. The van der Waals surface area contributed by atoms with Crippen molar-refractivity contribution in [3.63, 3.8) is 0 Å². The fourth-order valence-corrected chi connectivity index (χ4v) is 5.06. The number of nitrogens with zero attached hydrogens (tertiary/aromatic N) is 3. The van der Waals surface area contributed by atoms with Crippen molar-refractivity contribution in [2.24, 2.45) is 0 Å². The summed E-state index contributed by atoms with van der Waals surface area (Å²) in [6, 6.07) is 18.6. The quantitative estimate of drug-likeness (QED) is 0.287. The van der Waals surface area contributed by atoms with Crippen LogP contribution in [0.5, 0.6) is 5.75 Å². The van der Waals surface area contributed by atoms with Gasteiger partial charge in [-0.15, -0.1) is 0 Å². The van der Waals surface area contributed by atoms with Crippen LogP contribution in [-0.4, -0.2) is 53.8 Å². The molecule has 1 aromatic heterocycles. The fourth-order valence-electron chi connectivity index (χ4n) is 4.06. The van der Waals surface area contributed by atoms with Gasteiger partial charge in [-0.3, -0.25) is 14.2 Å². The molecule has 0 atom stereocenters. The number of benzene rings is 3. The lowest BCUT2D eigenvalue weighted by Gasteiger charge is -2.26. The van der Waals surface area contributed by atoms with Gasteiger partial charge in [0, 0.05) is 24.4 Å². The van der Waals surface area contributed by atoms with Gasteiger partial charge in [0.1, 0.15) is 11.6 Å². The molecule has 1 saturated heterocycles. The molecule has 1 amide bonds. The second kappa shape index (κ2) is 10.5. The second-order valence-electron chi connectivity index (χ2n) is 8.25. The molecule has 0 bridgehead atoms. The van der Waals surface area contributed by atoms with Crippen LogP contribution >= 0.6 is 11.8 Å². The number of morpholine rings is 1. The highest BCUT2D eigenvalue weighted by molar-refractivity contribution is 7.98. The number of ether oxygens (including phenoxy) is 2.